The first-order chi connectivity index (χ1) is 15.5. The fourth-order valence-electron chi connectivity index (χ4n) is 4.11. The molecule has 5 rings (SSSR count). The second-order valence-electron chi connectivity index (χ2n) is 7.91. The fraction of sp³-hybridized carbons (Fsp3) is 0.261. The minimum Gasteiger partial charge on any atom is -0.338 e. The lowest BCUT2D eigenvalue weighted by molar-refractivity contribution is 0.0789. The highest BCUT2D eigenvalue weighted by molar-refractivity contribution is 7.13. The van der Waals surface area contributed by atoms with E-state index in [4.69, 9.17) is 4.98 Å². The van der Waals surface area contributed by atoms with Gasteiger partial charge in [0.05, 0.1) is 22.8 Å². The van der Waals surface area contributed by atoms with Gasteiger partial charge in [-0.2, -0.15) is 5.10 Å². The van der Waals surface area contributed by atoms with Crippen molar-refractivity contribution in [1.82, 2.24) is 24.6 Å². The number of hydrogen-bond acceptors (Lipinski definition) is 6. The molecule has 0 spiro atoms. The predicted molar refractivity (Wildman–Crippen MR) is 123 cm³/mol. The monoisotopic (exact) mass is 446 g/mol. The molecule has 1 aromatic carbocycles. The van der Waals surface area contributed by atoms with Crippen LogP contribution in [-0.4, -0.2) is 49.6 Å². The maximum absolute atomic E-state index is 13.0. The second kappa shape index (κ2) is 8.16. The van der Waals surface area contributed by atoms with Gasteiger partial charge in [-0.05, 0) is 25.5 Å². The van der Waals surface area contributed by atoms with E-state index >= 15 is 0 Å². The summed E-state index contributed by atoms with van der Waals surface area (Å²) in [5.41, 5.74) is 3.63. The van der Waals surface area contributed by atoms with E-state index in [1.807, 2.05) is 54.6 Å². The van der Waals surface area contributed by atoms with Crippen molar-refractivity contribution in [2.24, 2.45) is 7.05 Å². The van der Waals surface area contributed by atoms with Crippen molar-refractivity contribution in [1.29, 1.82) is 0 Å². The largest absolute Gasteiger partial charge is 0.338 e. The third kappa shape index (κ3) is 3.64. The van der Waals surface area contributed by atoms with Crippen LogP contribution in [0.15, 0.2) is 48.1 Å². The van der Waals surface area contributed by atoms with Crippen LogP contribution in [0.1, 0.15) is 44.4 Å². The van der Waals surface area contributed by atoms with Crippen molar-refractivity contribution in [3.63, 3.8) is 0 Å². The summed E-state index contributed by atoms with van der Waals surface area (Å²) in [5.74, 6) is -0.163. The summed E-state index contributed by atoms with van der Waals surface area (Å²) < 4.78 is 1.71. The smallest absolute Gasteiger partial charge is 0.258 e. The lowest BCUT2D eigenvalue weighted by Gasteiger charge is -2.17. The van der Waals surface area contributed by atoms with Crippen LogP contribution in [0.3, 0.4) is 0 Å². The molecule has 1 aliphatic heterocycles. The molecule has 2 amide bonds. The van der Waals surface area contributed by atoms with Gasteiger partial charge in [0, 0.05) is 54.4 Å². The molecular weight excluding hydrogens is 424 g/mol. The van der Waals surface area contributed by atoms with Gasteiger partial charge in [0.1, 0.15) is 0 Å². The van der Waals surface area contributed by atoms with Crippen LogP contribution in [0.25, 0.3) is 10.9 Å². The van der Waals surface area contributed by atoms with E-state index in [0.29, 0.717) is 29.3 Å². The number of fused-ring (bicyclic) bond motifs is 1. The molecule has 0 unspecified atom stereocenters. The molecule has 4 heterocycles. The SMILES string of the molecule is Cc1c(C(=O)N2CC[C@@H](c3cc(C(=O)Nc4nccs4)c4ccccc4n3)C2)cnn1C. The van der Waals surface area contributed by atoms with Crippen LogP contribution in [0.5, 0.6) is 0 Å². The van der Waals surface area contributed by atoms with Crippen LogP contribution in [0, 0.1) is 6.92 Å². The molecule has 0 saturated carbocycles. The van der Waals surface area contributed by atoms with Gasteiger partial charge in [0.2, 0.25) is 0 Å². The molecule has 1 N–H and O–H groups in total. The number of aryl methyl sites for hydroxylation is 1. The normalized spacial score (nSPS) is 15.9. The lowest BCUT2D eigenvalue weighted by atomic mass is 9.99. The number of likely N-dealkylation sites (tertiary alicyclic amines) is 1. The Balaban J connectivity index is 1.44. The molecule has 1 fully saturated rings. The van der Waals surface area contributed by atoms with Gasteiger partial charge < -0.3 is 4.90 Å². The van der Waals surface area contributed by atoms with Crippen molar-refractivity contribution >= 4 is 39.2 Å². The number of benzene rings is 1. The van der Waals surface area contributed by atoms with Crippen LogP contribution >= 0.6 is 11.3 Å². The number of thiazole rings is 1. The van der Waals surface area contributed by atoms with Gasteiger partial charge in [-0.1, -0.05) is 18.2 Å². The van der Waals surface area contributed by atoms with Gasteiger partial charge in [-0.3, -0.25) is 24.6 Å². The maximum atomic E-state index is 13.0. The number of nitrogens with one attached hydrogen (secondary N) is 1. The molecular formula is C23H22N6O2S. The third-order valence-corrected chi connectivity index (χ3v) is 6.68. The van der Waals surface area contributed by atoms with Gasteiger partial charge in [0.15, 0.2) is 5.13 Å². The Morgan fingerprint density at radius 1 is 1.22 bits per heavy atom. The minimum absolute atomic E-state index is 0.0133. The molecule has 9 heteroatoms. The summed E-state index contributed by atoms with van der Waals surface area (Å²) in [6.07, 6.45) is 4.08. The number of nitrogens with zero attached hydrogens (tertiary/aromatic N) is 5. The molecule has 1 aliphatic rings. The Morgan fingerprint density at radius 3 is 2.81 bits per heavy atom. The number of para-hydroxylation sites is 1. The van der Waals surface area contributed by atoms with Crippen molar-refractivity contribution in [2.75, 3.05) is 18.4 Å². The molecule has 162 valence electrons. The summed E-state index contributed by atoms with van der Waals surface area (Å²) in [6.45, 7) is 3.10. The van der Waals surface area contributed by atoms with Crippen molar-refractivity contribution in [3.8, 4) is 0 Å². The molecule has 1 atom stereocenters. The molecule has 8 nitrogen and oxygen atoms in total. The summed E-state index contributed by atoms with van der Waals surface area (Å²) in [5, 5.41) is 10.2. The second-order valence-corrected chi connectivity index (χ2v) is 8.80. The molecule has 1 saturated heterocycles. The third-order valence-electron chi connectivity index (χ3n) is 5.99. The number of carbonyl (C=O) groups excluding carboxylic acids is 2. The molecule has 32 heavy (non-hydrogen) atoms. The lowest BCUT2D eigenvalue weighted by Crippen LogP contribution is -2.29. The summed E-state index contributed by atoms with van der Waals surface area (Å²) in [6, 6.07) is 9.49. The van der Waals surface area contributed by atoms with E-state index in [9.17, 15) is 9.59 Å². The molecule has 0 bridgehead atoms. The zero-order chi connectivity index (χ0) is 22.2. The number of pyridine rings is 1. The van der Waals surface area contributed by atoms with Gasteiger partial charge in [-0.25, -0.2) is 4.98 Å². The Bertz CT molecular complexity index is 1310. The Kier molecular flexibility index (Phi) is 5.18. The predicted octanol–water partition coefficient (Wildman–Crippen LogP) is 3.62. The first-order valence-electron chi connectivity index (χ1n) is 10.4. The average Bonchev–Trinajstić information content (AvgIpc) is 3.56. The van der Waals surface area contributed by atoms with Gasteiger partial charge in [-0.15, -0.1) is 11.3 Å². The quantitative estimate of drug-likeness (QED) is 0.517. The highest BCUT2D eigenvalue weighted by Gasteiger charge is 2.31. The number of rotatable bonds is 4. The standard InChI is InChI=1S/C23H22N6O2S/c1-14-18(12-25-28(14)2)22(31)29-9-7-15(13-29)20-11-17(16-5-3-4-6-19(16)26-20)21(30)27-23-24-8-10-32-23/h3-6,8,10-12,15H,7,9,13H2,1-2H3,(H,24,27,30)/t15-/m1/s1. The Morgan fingerprint density at radius 2 is 2.06 bits per heavy atom. The zero-order valence-electron chi connectivity index (χ0n) is 17.8. The van der Waals surface area contributed by atoms with E-state index in [1.54, 1.807) is 17.1 Å². The van der Waals surface area contributed by atoms with Crippen LogP contribution in [0.2, 0.25) is 0 Å². The molecule has 3 aromatic heterocycles. The van der Waals surface area contributed by atoms with E-state index in [0.717, 1.165) is 28.7 Å². The van der Waals surface area contributed by atoms with Crippen LogP contribution in [-0.2, 0) is 7.05 Å². The zero-order valence-corrected chi connectivity index (χ0v) is 18.6. The minimum atomic E-state index is -0.211. The van der Waals surface area contributed by atoms with Crippen molar-refractivity contribution in [2.45, 2.75) is 19.3 Å². The summed E-state index contributed by atoms with van der Waals surface area (Å²) in [7, 11) is 1.83. The number of amides is 2. The average molecular weight is 447 g/mol. The van der Waals surface area contributed by atoms with Gasteiger partial charge in [0.25, 0.3) is 11.8 Å². The fourth-order valence-corrected chi connectivity index (χ4v) is 4.63. The van der Waals surface area contributed by atoms with Crippen LogP contribution in [0.4, 0.5) is 5.13 Å². The molecule has 0 aliphatic carbocycles. The Hall–Kier alpha value is -3.59. The molecule has 0 radical (unpaired) electrons. The van der Waals surface area contributed by atoms with Crippen molar-refractivity contribution in [3.05, 3.63) is 70.6 Å². The van der Waals surface area contributed by atoms with Gasteiger partial charge >= 0.3 is 0 Å². The van der Waals surface area contributed by atoms with E-state index in [1.165, 1.54) is 11.3 Å². The first kappa shape index (κ1) is 20.3. The highest BCUT2D eigenvalue weighted by Crippen LogP contribution is 2.31. The first-order valence-corrected chi connectivity index (χ1v) is 11.3. The molecule has 4 aromatic rings. The van der Waals surface area contributed by atoms with E-state index in [-0.39, 0.29) is 17.7 Å². The summed E-state index contributed by atoms with van der Waals surface area (Å²) >= 11 is 1.38. The number of carbonyl (C=O) groups is 2. The number of hydrogen-bond donors (Lipinski definition) is 1. The Labute approximate surface area is 188 Å². The van der Waals surface area contributed by atoms with Crippen LogP contribution < -0.4 is 5.32 Å². The maximum Gasteiger partial charge on any atom is 0.258 e. The number of aromatic nitrogens is 4. The van der Waals surface area contributed by atoms with E-state index in [2.05, 4.69) is 15.4 Å². The number of anilines is 1. The highest BCUT2D eigenvalue weighted by atomic mass is 32.1. The van der Waals surface area contributed by atoms with Crippen molar-refractivity contribution < 1.29 is 9.59 Å². The summed E-state index contributed by atoms with van der Waals surface area (Å²) in [4.78, 5) is 36.9. The topological polar surface area (TPSA) is 93.0 Å². The van der Waals surface area contributed by atoms with E-state index < -0.39 is 0 Å².